The van der Waals surface area contributed by atoms with Crippen molar-refractivity contribution in [2.24, 2.45) is 0 Å². The second kappa shape index (κ2) is 9.54. The third-order valence-corrected chi connectivity index (χ3v) is 4.94. The Morgan fingerprint density at radius 3 is 2.41 bits per heavy atom. The van der Waals surface area contributed by atoms with E-state index < -0.39 is 5.97 Å². The van der Waals surface area contributed by atoms with Gasteiger partial charge in [0, 0.05) is 31.0 Å². The van der Waals surface area contributed by atoms with Crippen LogP contribution in [0.25, 0.3) is 22.4 Å². The van der Waals surface area contributed by atoms with E-state index in [0.29, 0.717) is 6.61 Å². The van der Waals surface area contributed by atoms with Crippen molar-refractivity contribution in [3.63, 3.8) is 0 Å². The Balaban J connectivity index is 2.08. The molecule has 29 heavy (non-hydrogen) atoms. The van der Waals surface area contributed by atoms with Gasteiger partial charge in [-0.3, -0.25) is 4.98 Å². The maximum Gasteiger partial charge on any atom is 0.337 e. The molecule has 2 aromatic carbocycles. The number of carboxylic acid groups (broad SMARTS) is 1. The van der Waals surface area contributed by atoms with Crippen LogP contribution < -0.4 is 4.74 Å². The minimum Gasteiger partial charge on any atom is -0.497 e. The molecule has 150 valence electrons. The molecule has 0 unspecified atom stereocenters. The first-order chi connectivity index (χ1) is 14.0. The maximum absolute atomic E-state index is 11.3. The number of aromatic nitrogens is 1. The zero-order valence-electron chi connectivity index (χ0n) is 16.3. The van der Waals surface area contributed by atoms with Gasteiger partial charge in [-0.25, -0.2) is 4.79 Å². The third kappa shape index (κ3) is 4.94. The Morgan fingerprint density at radius 1 is 1.07 bits per heavy atom. The number of pyridine rings is 1. The second-order valence-electron chi connectivity index (χ2n) is 6.56. The van der Waals surface area contributed by atoms with Crippen LogP contribution in [0.15, 0.2) is 54.7 Å². The van der Waals surface area contributed by atoms with Gasteiger partial charge in [0.1, 0.15) is 5.75 Å². The number of aryl methyl sites for hydroxylation is 1. The Kier molecular flexibility index (Phi) is 6.86. The zero-order chi connectivity index (χ0) is 20.8. The Bertz CT molecular complexity index is 1000. The molecule has 0 saturated heterocycles. The summed E-state index contributed by atoms with van der Waals surface area (Å²) in [6.45, 7) is 0.675. The summed E-state index contributed by atoms with van der Waals surface area (Å²) in [4.78, 5) is 16.0. The van der Waals surface area contributed by atoms with Gasteiger partial charge in [-0.05, 0) is 66.4 Å². The minimum absolute atomic E-state index is 0.0747. The number of hydrogen-bond acceptors (Lipinski definition) is 4. The molecule has 3 rings (SSSR count). The summed E-state index contributed by atoms with van der Waals surface area (Å²) in [5.41, 5.74) is 4.58. The van der Waals surface area contributed by atoms with Gasteiger partial charge in [0.15, 0.2) is 0 Å². The lowest BCUT2D eigenvalue weighted by molar-refractivity contribution is 0.0697. The fourth-order valence-corrected chi connectivity index (χ4v) is 3.38. The summed E-state index contributed by atoms with van der Waals surface area (Å²) in [5.74, 6) is -0.288. The molecule has 0 amide bonds. The molecule has 0 aliphatic carbocycles. The van der Waals surface area contributed by atoms with E-state index in [1.54, 1.807) is 26.4 Å². The standard InChI is InChI=1S/C23H22ClNO4/c1-28-11-3-4-15-12-20(17-7-10-19(23(26)27)21(24)13-17)22(25-14-15)16-5-8-18(29-2)9-6-16/h5-10,12-14H,3-4,11H2,1-2H3,(H,26,27). The third-order valence-electron chi connectivity index (χ3n) is 4.63. The molecular weight excluding hydrogens is 390 g/mol. The van der Waals surface area contributed by atoms with Gasteiger partial charge in [0.2, 0.25) is 0 Å². The van der Waals surface area contributed by atoms with E-state index >= 15 is 0 Å². The number of ether oxygens (including phenoxy) is 2. The van der Waals surface area contributed by atoms with Crippen LogP contribution in [-0.2, 0) is 11.2 Å². The van der Waals surface area contributed by atoms with Crippen molar-refractivity contribution >= 4 is 17.6 Å². The molecule has 0 aliphatic heterocycles. The van der Waals surface area contributed by atoms with Gasteiger partial charge in [0.05, 0.1) is 23.4 Å². The van der Waals surface area contributed by atoms with Crippen molar-refractivity contribution in [1.82, 2.24) is 4.98 Å². The first-order valence-corrected chi connectivity index (χ1v) is 9.56. The Labute approximate surface area is 174 Å². The largest absolute Gasteiger partial charge is 0.497 e. The Morgan fingerprint density at radius 2 is 1.79 bits per heavy atom. The van der Waals surface area contributed by atoms with E-state index in [9.17, 15) is 9.90 Å². The highest BCUT2D eigenvalue weighted by Gasteiger charge is 2.14. The van der Waals surface area contributed by atoms with Gasteiger partial charge < -0.3 is 14.6 Å². The van der Waals surface area contributed by atoms with Gasteiger partial charge in [0.25, 0.3) is 0 Å². The molecule has 0 spiro atoms. The van der Waals surface area contributed by atoms with E-state index in [1.807, 2.05) is 30.5 Å². The summed E-state index contributed by atoms with van der Waals surface area (Å²) >= 11 is 6.22. The lowest BCUT2D eigenvalue weighted by Crippen LogP contribution is -1.99. The van der Waals surface area contributed by atoms with Gasteiger partial charge in [-0.2, -0.15) is 0 Å². The monoisotopic (exact) mass is 411 g/mol. The van der Waals surface area contributed by atoms with Crippen molar-refractivity contribution in [2.75, 3.05) is 20.8 Å². The normalized spacial score (nSPS) is 10.7. The van der Waals surface area contributed by atoms with Crippen molar-refractivity contribution in [1.29, 1.82) is 0 Å². The molecular formula is C23H22ClNO4. The number of halogens is 1. The van der Waals surface area contributed by atoms with Crippen LogP contribution in [-0.4, -0.2) is 36.9 Å². The number of benzene rings is 2. The van der Waals surface area contributed by atoms with Crippen molar-refractivity contribution in [2.45, 2.75) is 12.8 Å². The number of rotatable bonds is 8. The molecule has 0 bridgehead atoms. The SMILES string of the molecule is COCCCc1cnc(-c2ccc(OC)cc2)c(-c2ccc(C(=O)O)c(Cl)c2)c1. The fourth-order valence-electron chi connectivity index (χ4n) is 3.12. The topological polar surface area (TPSA) is 68.7 Å². The molecule has 5 nitrogen and oxygen atoms in total. The summed E-state index contributed by atoms with van der Waals surface area (Å²) in [6, 6.07) is 14.7. The van der Waals surface area contributed by atoms with Crippen LogP contribution in [0.2, 0.25) is 5.02 Å². The summed E-state index contributed by atoms with van der Waals surface area (Å²) in [5, 5.41) is 9.45. The maximum atomic E-state index is 11.3. The minimum atomic E-state index is -1.05. The Hall–Kier alpha value is -2.89. The number of aromatic carboxylic acids is 1. The van der Waals surface area contributed by atoms with Crippen LogP contribution in [0, 0.1) is 0 Å². The molecule has 1 aromatic heterocycles. The smallest absolute Gasteiger partial charge is 0.337 e. The van der Waals surface area contributed by atoms with E-state index in [2.05, 4.69) is 6.07 Å². The van der Waals surface area contributed by atoms with Crippen molar-refractivity contribution < 1.29 is 19.4 Å². The van der Waals surface area contributed by atoms with Gasteiger partial charge in [-0.1, -0.05) is 17.7 Å². The predicted octanol–water partition coefficient (Wildman–Crippen LogP) is 5.35. The van der Waals surface area contributed by atoms with Crippen LogP contribution >= 0.6 is 11.6 Å². The fraction of sp³-hybridized carbons (Fsp3) is 0.217. The number of nitrogens with zero attached hydrogens (tertiary/aromatic N) is 1. The van der Waals surface area contributed by atoms with Crippen LogP contribution in [0.3, 0.4) is 0 Å². The molecule has 3 aromatic rings. The second-order valence-corrected chi connectivity index (χ2v) is 6.97. The van der Waals surface area contributed by atoms with Crippen molar-refractivity contribution in [3.05, 3.63) is 70.9 Å². The quantitative estimate of drug-likeness (QED) is 0.505. The molecule has 1 N–H and O–H groups in total. The summed E-state index contributed by atoms with van der Waals surface area (Å²) in [7, 11) is 3.31. The van der Waals surface area contributed by atoms with Crippen LogP contribution in [0.5, 0.6) is 5.75 Å². The van der Waals surface area contributed by atoms with Crippen molar-refractivity contribution in [3.8, 4) is 28.1 Å². The molecule has 0 radical (unpaired) electrons. The number of hydrogen-bond donors (Lipinski definition) is 1. The number of methoxy groups -OCH3 is 2. The zero-order valence-corrected chi connectivity index (χ0v) is 17.1. The first-order valence-electron chi connectivity index (χ1n) is 9.19. The van der Waals surface area contributed by atoms with Crippen LogP contribution in [0.1, 0.15) is 22.3 Å². The molecule has 0 atom stereocenters. The summed E-state index contributed by atoms with van der Waals surface area (Å²) in [6.07, 6.45) is 3.59. The number of carbonyl (C=O) groups is 1. The van der Waals surface area contributed by atoms with Crippen LogP contribution in [0.4, 0.5) is 0 Å². The average molecular weight is 412 g/mol. The van der Waals surface area contributed by atoms with E-state index in [1.165, 1.54) is 6.07 Å². The van der Waals surface area contributed by atoms with Gasteiger partial charge >= 0.3 is 5.97 Å². The first kappa shape index (κ1) is 20.8. The predicted molar refractivity (Wildman–Crippen MR) is 114 cm³/mol. The highest BCUT2D eigenvalue weighted by molar-refractivity contribution is 6.33. The molecule has 0 aliphatic rings. The van der Waals surface area contributed by atoms with E-state index in [-0.39, 0.29) is 10.6 Å². The molecule has 0 fully saturated rings. The van der Waals surface area contributed by atoms with E-state index in [0.717, 1.165) is 46.5 Å². The molecule has 1 heterocycles. The lowest BCUT2D eigenvalue weighted by Gasteiger charge is -2.13. The van der Waals surface area contributed by atoms with Gasteiger partial charge in [-0.15, -0.1) is 0 Å². The molecule has 6 heteroatoms. The molecule has 0 saturated carbocycles. The lowest BCUT2D eigenvalue weighted by atomic mass is 9.96. The number of carboxylic acids is 1. The average Bonchev–Trinajstić information content (AvgIpc) is 2.73. The van der Waals surface area contributed by atoms with E-state index in [4.69, 9.17) is 26.1 Å². The summed E-state index contributed by atoms with van der Waals surface area (Å²) < 4.78 is 10.4. The highest BCUT2D eigenvalue weighted by Crippen LogP contribution is 2.34. The highest BCUT2D eigenvalue weighted by atomic mass is 35.5.